The molecule has 1 aliphatic carbocycles. The maximum absolute atomic E-state index is 4.18. The molecule has 1 aliphatic rings. The molecular weight excluding hydrogens is 198 g/mol. The Morgan fingerprint density at radius 1 is 1.56 bits per heavy atom. The summed E-state index contributed by atoms with van der Waals surface area (Å²) in [6.07, 6.45) is 10.7. The molecular formula is C13H23N3. The molecule has 0 aromatic carbocycles. The zero-order valence-corrected chi connectivity index (χ0v) is 10.4. The topological polar surface area (TPSA) is 29.9 Å². The van der Waals surface area contributed by atoms with Crippen molar-refractivity contribution in [1.82, 2.24) is 15.1 Å². The molecule has 3 heteroatoms. The average Bonchev–Trinajstić information content (AvgIpc) is 3.00. The first-order chi connectivity index (χ1) is 7.78. The molecule has 90 valence electrons. The Kier molecular flexibility index (Phi) is 3.99. The number of aromatic nitrogens is 2. The summed E-state index contributed by atoms with van der Waals surface area (Å²) in [6, 6.07) is 0.726. The second-order valence-electron chi connectivity index (χ2n) is 5.01. The molecule has 0 bridgehead atoms. The molecule has 1 unspecified atom stereocenters. The predicted molar refractivity (Wildman–Crippen MR) is 66.3 cm³/mol. The third kappa shape index (κ3) is 3.63. The van der Waals surface area contributed by atoms with E-state index in [1.807, 2.05) is 17.9 Å². The van der Waals surface area contributed by atoms with Gasteiger partial charge in [0.2, 0.25) is 0 Å². The molecule has 1 N–H and O–H groups in total. The smallest absolute Gasteiger partial charge is 0.0522 e. The summed E-state index contributed by atoms with van der Waals surface area (Å²) in [6.45, 7) is 3.36. The van der Waals surface area contributed by atoms with Crippen LogP contribution in [0.4, 0.5) is 0 Å². The van der Waals surface area contributed by atoms with Crippen molar-refractivity contribution in [2.45, 2.75) is 45.1 Å². The van der Waals surface area contributed by atoms with Gasteiger partial charge in [-0.3, -0.25) is 4.68 Å². The van der Waals surface area contributed by atoms with E-state index >= 15 is 0 Å². The van der Waals surface area contributed by atoms with E-state index in [9.17, 15) is 0 Å². The Bertz CT molecular complexity index is 315. The van der Waals surface area contributed by atoms with Gasteiger partial charge in [0, 0.05) is 19.3 Å². The summed E-state index contributed by atoms with van der Waals surface area (Å²) in [4.78, 5) is 0. The molecule has 0 amide bonds. The molecule has 3 nitrogen and oxygen atoms in total. The van der Waals surface area contributed by atoms with Crippen molar-refractivity contribution in [3.8, 4) is 0 Å². The summed E-state index contributed by atoms with van der Waals surface area (Å²) >= 11 is 0. The van der Waals surface area contributed by atoms with Gasteiger partial charge in [0.05, 0.1) is 6.20 Å². The van der Waals surface area contributed by atoms with Crippen molar-refractivity contribution in [3.63, 3.8) is 0 Å². The summed E-state index contributed by atoms with van der Waals surface area (Å²) in [5.74, 6) is 1.02. The Hall–Kier alpha value is -0.830. The van der Waals surface area contributed by atoms with Crippen molar-refractivity contribution in [3.05, 3.63) is 18.0 Å². The van der Waals surface area contributed by atoms with Gasteiger partial charge in [0.25, 0.3) is 0 Å². The van der Waals surface area contributed by atoms with Gasteiger partial charge in [-0.1, -0.05) is 19.8 Å². The van der Waals surface area contributed by atoms with Crippen LogP contribution in [0.2, 0.25) is 0 Å². The number of hydrogen-bond donors (Lipinski definition) is 1. The van der Waals surface area contributed by atoms with Gasteiger partial charge in [-0.2, -0.15) is 5.10 Å². The van der Waals surface area contributed by atoms with Crippen molar-refractivity contribution in [2.75, 3.05) is 6.54 Å². The highest BCUT2D eigenvalue weighted by Crippen LogP contribution is 2.33. The van der Waals surface area contributed by atoms with Crippen LogP contribution in [0.1, 0.15) is 38.2 Å². The molecule has 1 aromatic rings. The van der Waals surface area contributed by atoms with E-state index in [1.54, 1.807) is 0 Å². The fraction of sp³-hybridized carbons (Fsp3) is 0.769. The Morgan fingerprint density at radius 3 is 2.94 bits per heavy atom. The van der Waals surface area contributed by atoms with Crippen LogP contribution in [-0.4, -0.2) is 22.4 Å². The highest BCUT2D eigenvalue weighted by atomic mass is 15.2. The summed E-state index contributed by atoms with van der Waals surface area (Å²) in [5, 5.41) is 7.84. The molecule has 1 aromatic heterocycles. The molecule has 0 aliphatic heterocycles. The van der Waals surface area contributed by atoms with Gasteiger partial charge in [0.15, 0.2) is 0 Å². The van der Waals surface area contributed by atoms with E-state index in [0.29, 0.717) is 0 Å². The van der Waals surface area contributed by atoms with Gasteiger partial charge in [-0.25, -0.2) is 0 Å². The molecule has 16 heavy (non-hydrogen) atoms. The first kappa shape index (κ1) is 11.6. The van der Waals surface area contributed by atoms with Crippen molar-refractivity contribution in [2.24, 2.45) is 13.0 Å². The van der Waals surface area contributed by atoms with E-state index in [4.69, 9.17) is 0 Å². The first-order valence-electron chi connectivity index (χ1n) is 6.49. The molecule has 1 atom stereocenters. The normalized spacial score (nSPS) is 17.6. The minimum atomic E-state index is 0.726. The zero-order chi connectivity index (χ0) is 11.4. The quantitative estimate of drug-likeness (QED) is 0.764. The summed E-state index contributed by atoms with van der Waals surface area (Å²) in [7, 11) is 1.97. The van der Waals surface area contributed by atoms with Crippen LogP contribution in [0, 0.1) is 5.92 Å². The lowest BCUT2D eigenvalue weighted by Crippen LogP contribution is -2.30. The molecule has 1 fully saturated rings. The van der Waals surface area contributed by atoms with Crippen LogP contribution in [0.15, 0.2) is 12.4 Å². The fourth-order valence-corrected chi connectivity index (χ4v) is 2.17. The highest BCUT2D eigenvalue weighted by Gasteiger charge is 2.24. The minimum absolute atomic E-state index is 0.726. The lowest BCUT2D eigenvalue weighted by molar-refractivity contribution is 0.449. The zero-order valence-electron chi connectivity index (χ0n) is 10.4. The molecule has 2 rings (SSSR count). The van der Waals surface area contributed by atoms with E-state index < -0.39 is 0 Å². The molecule has 0 radical (unpaired) electrons. The Labute approximate surface area is 98.2 Å². The largest absolute Gasteiger partial charge is 0.314 e. The van der Waals surface area contributed by atoms with Crippen LogP contribution in [0.25, 0.3) is 0 Å². The Morgan fingerprint density at radius 2 is 2.38 bits per heavy atom. The second-order valence-corrected chi connectivity index (χ2v) is 5.01. The maximum atomic E-state index is 4.18. The van der Waals surface area contributed by atoms with Gasteiger partial charge in [-0.05, 0) is 37.3 Å². The number of nitrogens with one attached hydrogen (secondary N) is 1. The van der Waals surface area contributed by atoms with Crippen LogP contribution >= 0.6 is 0 Å². The van der Waals surface area contributed by atoms with Crippen molar-refractivity contribution >= 4 is 0 Å². The third-order valence-electron chi connectivity index (χ3n) is 3.41. The highest BCUT2D eigenvalue weighted by molar-refractivity contribution is 5.03. The number of hydrogen-bond acceptors (Lipinski definition) is 2. The number of rotatable bonds is 7. The molecule has 1 heterocycles. The average molecular weight is 221 g/mol. The van der Waals surface area contributed by atoms with Crippen LogP contribution in [-0.2, 0) is 13.5 Å². The standard InChI is InChI=1S/C13H23N3/c1-3-13(8-11-4-5-11)14-7-6-12-9-15-16(2)10-12/h9-11,13-14H,3-8H2,1-2H3. The fourth-order valence-electron chi connectivity index (χ4n) is 2.17. The summed E-state index contributed by atoms with van der Waals surface area (Å²) in [5.41, 5.74) is 1.33. The molecule has 1 saturated carbocycles. The lowest BCUT2D eigenvalue weighted by atomic mass is 10.1. The number of nitrogens with zero attached hydrogens (tertiary/aromatic N) is 2. The van der Waals surface area contributed by atoms with Crippen LogP contribution in [0.3, 0.4) is 0 Å². The van der Waals surface area contributed by atoms with Crippen molar-refractivity contribution < 1.29 is 0 Å². The summed E-state index contributed by atoms with van der Waals surface area (Å²) < 4.78 is 1.87. The molecule has 0 spiro atoms. The minimum Gasteiger partial charge on any atom is -0.314 e. The molecule has 0 saturated heterocycles. The van der Waals surface area contributed by atoms with E-state index in [2.05, 4.69) is 23.5 Å². The SMILES string of the molecule is CCC(CC1CC1)NCCc1cnn(C)c1. The second kappa shape index (κ2) is 5.48. The monoisotopic (exact) mass is 221 g/mol. The lowest BCUT2D eigenvalue weighted by Gasteiger charge is -2.16. The van der Waals surface area contributed by atoms with Crippen LogP contribution in [0.5, 0.6) is 0 Å². The van der Waals surface area contributed by atoms with Gasteiger partial charge < -0.3 is 5.32 Å². The van der Waals surface area contributed by atoms with Crippen molar-refractivity contribution in [1.29, 1.82) is 0 Å². The van der Waals surface area contributed by atoms with Crippen LogP contribution < -0.4 is 5.32 Å². The van der Waals surface area contributed by atoms with Gasteiger partial charge in [0.1, 0.15) is 0 Å². The van der Waals surface area contributed by atoms with Gasteiger partial charge in [-0.15, -0.1) is 0 Å². The van der Waals surface area contributed by atoms with E-state index in [0.717, 1.165) is 24.9 Å². The van der Waals surface area contributed by atoms with E-state index in [1.165, 1.54) is 31.2 Å². The van der Waals surface area contributed by atoms with Gasteiger partial charge >= 0.3 is 0 Å². The third-order valence-corrected chi connectivity index (χ3v) is 3.41. The first-order valence-corrected chi connectivity index (χ1v) is 6.49. The Balaban J connectivity index is 1.65. The number of aryl methyl sites for hydroxylation is 1. The van der Waals surface area contributed by atoms with E-state index in [-0.39, 0.29) is 0 Å². The predicted octanol–water partition coefficient (Wildman–Crippen LogP) is 2.13. The maximum Gasteiger partial charge on any atom is 0.0522 e.